The topological polar surface area (TPSA) is 241 Å². The Labute approximate surface area is 282 Å². The second-order valence-corrected chi connectivity index (χ2v) is 12.5. The number of hydrogen-bond acceptors (Lipinski definition) is 10. The Balaban J connectivity index is 0.000000939. The number of benzene rings is 1. The minimum Gasteiger partial charge on any atom is -0.481 e. The number of carbonyl (C=O) groups excluding carboxylic acids is 4. The number of carboxylic acids is 2. The van der Waals surface area contributed by atoms with Crippen molar-refractivity contribution in [3.05, 3.63) is 29.8 Å². The molecule has 10 N–H and O–H groups in total. The van der Waals surface area contributed by atoms with Crippen molar-refractivity contribution >= 4 is 54.1 Å². The number of primary amides is 1. The quantitative estimate of drug-likeness (QED) is 0.0480. The summed E-state index contributed by atoms with van der Waals surface area (Å²) in [4.78, 5) is 71.6. The number of nitrogens with two attached hydrogens (primary N) is 1. The predicted molar refractivity (Wildman–Crippen MR) is 182 cm³/mol. The lowest BCUT2D eigenvalue weighted by atomic mass is 9.74. The molecule has 1 rings (SSSR count). The number of thiol groups is 1. The van der Waals surface area contributed by atoms with Crippen molar-refractivity contribution in [1.82, 2.24) is 26.2 Å². The highest BCUT2D eigenvalue weighted by atomic mass is 32.1. The molecule has 0 aliphatic rings. The van der Waals surface area contributed by atoms with Gasteiger partial charge in [-0.1, -0.05) is 46.4 Å². The molecule has 266 valence electrons. The standard InChI is InChI=1S/C17H29N3O7.C14H24N4OS/c1-16(2,9-17(3,4)15(26)27)14(25)20-10(13(23)24)6-5-7-12(22)19-8-11(18)21;1-2-3-4-9-16-14(19)12-5-7-13(8-6-12)15-10-11-17-18-20/h10H,5-9H2,1-4H3,(H2,18,21)(H,19,22)(H,20,25)(H,23,24)(H,26,27);5-8,15,17-18,20H,2-4,9-11H2,1H3,(H,16,19). The highest BCUT2D eigenvalue weighted by Gasteiger charge is 2.40. The van der Waals surface area contributed by atoms with E-state index in [0.29, 0.717) is 5.56 Å². The Morgan fingerprint density at radius 1 is 0.872 bits per heavy atom. The van der Waals surface area contributed by atoms with Crippen LogP contribution in [0.25, 0.3) is 0 Å². The Morgan fingerprint density at radius 3 is 2.04 bits per heavy atom. The molecular formula is C31H53N7O8S. The normalized spacial score (nSPS) is 11.7. The van der Waals surface area contributed by atoms with Gasteiger partial charge in [0.2, 0.25) is 17.7 Å². The zero-order valence-corrected chi connectivity index (χ0v) is 28.9. The third-order valence-electron chi connectivity index (χ3n) is 6.91. The van der Waals surface area contributed by atoms with Crippen molar-refractivity contribution in [2.24, 2.45) is 16.6 Å². The van der Waals surface area contributed by atoms with E-state index in [4.69, 9.17) is 5.73 Å². The summed E-state index contributed by atoms with van der Waals surface area (Å²) in [6.07, 6.45) is 3.51. The molecule has 47 heavy (non-hydrogen) atoms. The number of aliphatic carboxylic acids is 2. The lowest BCUT2D eigenvalue weighted by Gasteiger charge is -2.32. The molecule has 0 fully saturated rings. The fraction of sp³-hybridized carbons (Fsp3) is 0.613. The van der Waals surface area contributed by atoms with E-state index in [9.17, 15) is 39.0 Å². The van der Waals surface area contributed by atoms with Crippen LogP contribution in [0.2, 0.25) is 0 Å². The van der Waals surface area contributed by atoms with Crippen molar-refractivity contribution in [2.75, 3.05) is 31.5 Å². The molecule has 0 aliphatic heterocycles. The van der Waals surface area contributed by atoms with E-state index >= 15 is 0 Å². The zero-order valence-electron chi connectivity index (χ0n) is 28.0. The van der Waals surface area contributed by atoms with Gasteiger partial charge in [-0.25, -0.2) is 15.1 Å². The van der Waals surface area contributed by atoms with Crippen LogP contribution in [0.4, 0.5) is 5.69 Å². The number of anilines is 1. The number of carbonyl (C=O) groups is 6. The number of hydrogen-bond donors (Lipinski definition) is 10. The summed E-state index contributed by atoms with van der Waals surface area (Å²) in [5, 5.41) is 29.3. The van der Waals surface area contributed by atoms with Crippen molar-refractivity contribution in [2.45, 2.75) is 85.6 Å². The molecule has 16 heteroatoms. The first kappa shape index (κ1) is 43.1. The molecule has 0 saturated carbocycles. The molecular weight excluding hydrogens is 630 g/mol. The summed E-state index contributed by atoms with van der Waals surface area (Å²) in [5.74, 6) is -4.04. The third kappa shape index (κ3) is 19.4. The number of hydrazine groups is 1. The van der Waals surface area contributed by atoms with Gasteiger partial charge in [0.25, 0.3) is 5.91 Å². The fourth-order valence-corrected chi connectivity index (χ4v) is 4.47. The van der Waals surface area contributed by atoms with E-state index in [1.807, 2.05) is 24.3 Å². The van der Waals surface area contributed by atoms with Gasteiger partial charge < -0.3 is 37.2 Å². The van der Waals surface area contributed by atoms with Gasteiger partial charge in [-0.2, -0.15) is 0 Å². The van der Waals surface area contributed by atoms with Crippen LogP contribution in [0.5, 0.6) is 0 Å². The summed E-state index contributed by atoms with van der Waals surface area (Å²) in [6, 6.07) is 6.28. The minimum absolute atomic E-state index is 0.00344. The van der Waals surface area contributed by atoms with Crippen LogP contribution in [-0.4, -0.2) is 78.0 Å². The van der Waals surface area contributed by atoms with Crippen molar-refractivity contribution < 1.29 is 39.0 Å². The average Bonchev–Trinajstić information content (AvgIpc) is 2.99. The first-order valence-electron chi connectivity index (χ1n) is 15.5. The molecule has 0 heterocycles. The predicted octanol–water partition coefficient (Wildman–Crippen LogP) is 1.81. The lowest BCUT2D eigenvalue weighted by Crippen LogP contribution is -2.48. The van der Waals surface area contributed by atoms with Gasteiger partial charge in [0.15, 0.2) is 0 Å². The van der Waals surface area contributed by atoms with E-state index in [2.05, 4.69) is 51.3 Å². The van der Waals surface area contributed by atoms with Gasteiger partial charge in [0.05, 0.1) is 12.0 Å². The Kier molecular flexibility index (Phi) is 20.7. The molecule has 0 bridgehead atoms. The maximum Gasteiger partial charge on any atom is 0.326 e. The van der Waals surface area contributed by atoms with Gasteiger partial charge in [-0.3, -0.25) is 24.0 Å². The smallest absolute Gasteiger partial charge is 0.326 e. The highest BCUT2D eigenvalue weighted by Crippen LogP contribution is 2.34. The molecule has 0 radical (unpaired) electrons. The van der Waals surface area contributed by atoms with Crippen LogP contribution < -0.4 is 37.3 Å². The molecule has 15 nitrogen and oxygen atoms in total. The Morgan fingerprint density at radius 2 is 1.51 bits per heavy atom. The first-order valence-corrected chi connectivity index (χ1v) is 16.0. The van der Waals surface area contributed by atoms with Crippen molar-refractivity contribution in [3.8, 4) is 0 Å². The van der Waals surface area contributed by atoms with E-state index in [0.717, 1.165) is 44.6 Å². The fourth-order valence-electron chi connectivity index (χ4n) is 4.36. The Hall–Kier alpha value is -3.89. The van der Waals surface area contributed by atoms with Gasteiger partial charge in [0, 0.05) is 42.7 Å². The van der Waals surface area contributed by atoms with E-state index in [-0.39, 0.29) is 38.1 Å². The van der Waals surface area contributed by atoms with Gasteiger partial charge in [-0.15, -0.1) is 0 Å². The number of nitrogens with one attached hydrogen (secondary N) is 6. The van der Waals surface area contributed by atoms with E-state index in [1.54, 1.807) is 13.8 Å². The van der Waals surface area contributed by atoms with Gasteiger partial charge in [-0.05, 0) is 63.8 Å². The van der Waals surface area contributed by atoms with E-state index in [1.165, 1.54) is 13.8 Å². The molecule has 1 aromatic rings. The molecule has 0 spiro atoms. The van der Waals surface area contributed by atoms with Crippen LogP contribution in [-0.2, 0) is 24.0 Å². The number of amides is 4. The molecule has 4 amide bonds. The summed E-state index contributed by atoms with van der Waals surface area (Å²) < 4.78 is 0. The molecule has 1 unspecified atom stereocenters. The van der Waals surface area contributed by atoms with Crippen LogP contribution in [0.3, 0.4) is 0 Å². The SMILES string of the molecule is CC(C)(CC(C)(C)C(=O)NC(CCCC(=O)NCC(N)=O)C(=O)O)C(=O)O.CCCCCNC(=O)c1ccc(NCCNNS)cc1. The van der Waals surface area contributed by atoms with Crippen LogP contribution >= 0.6 is 12.8 Å². The summed E-state index contributed by atoms with van der Waals surface area (Å²) >= 11 is 3.82. The largest absolute Gasteiger partial charge is 0.481 e. The highest BCUT2D eigenvalue weighted by molar-refractivity contribution is 7.78. The van der Waals surface area contributed by atoms with Crippen molar-refractivity contribution in [1.29, 1.82) is 0 Å². The maximum atomic E-state index is 12.5. The molecule has 0 aliphatic carbocycles. The van der Waals surface area contributed by atoms with Gasteiger partial charge in [0.1, 0.15) is 6.04 Å². The summed E-state index contributed by atoms with van der Waals surface area (Å²) in [6.45, 7) is 10.2. The summed E-state index contributed by atoms with van der Waals surface area (Å²) in [7, 11) is 0. The molecule has 1 atom stereocenters. The maximum absolute atomic E-state index is 12.5. The van der Waals surface area contributed by atoms with Crippen LogP contribution in [0.1, 0.15) is 89.9 Å². The molecule has 0 saturated heterocycles. The zero-order chi connectivity index (χ0) is 36.0. The third-order valence-corrected chi connectivity index (χ3v) is 7.07. The van der Waals surface area contributed by atoms with E-state index < -0.39 is 46.5 Å². The number of carboxylic acid groups (broad SMARTS) is 2. The summed E-state index contributed by atoms with van der Waals surface area (Å²) in [5.41, 5.74) is 7.20. The average molecular weight is 684 g/mol. The first-order chi connectivity index (χ1) is 22.0. The monoisotopic (exact) mass is 683 g/mol. The van der Waals surface area contributed by atoms with Crippen LogP contribution in [0, 0.1) is 10.8 Å². The van der Waals surface area contributed by atoms with Gasteiger partial charge >= 0.3 is 11.9 Å². The second-order valence-electron chi connectivity index (χ2n) is 12.3. The van der Waals surface area contributed by atoms with Crippen LogP contribution in [0.15, 0.2) is 24.3 Å². The minimum atomic E-state index is -1.26. The Bertz CT molecular complexity index is 1160. The molecule has 1 aromatic carbocycles. The lowest BCUT2D eigenvalue weighted by molar-refractivity contribution is -0.151. The number of rotatable bonds is 22. The number of unbranched alkanes of at least 4 members (excludes halogenated alkanes) is 2. The van der Waals surface area contributed by atoms with Crippen molar-refractivity contribution in [3.63, 3.8) is 0 Å². The molecule has 0 aromatic heterocycles. The second kappa shape index (κ2) is 22.6.